The molecule has 0 atom stereocenters. The smallest absolute Gasteiger partial charge is 0.254 e. The van der Waals surface area contributed by atoms with Gasteiger partial charge in [-0.1, -0.05) is 12.1 Å². The molecule has 0 aliphatic heterocycles. The van der Waals surface area contributed by atoms with E-state index in [9.17, 15) is 9.18 Å². The van der Waals surface area contributed by atoms with Crippen LogP contribution in [0.5, 0.6) is 0 Å². The molecule has 0 radical (unpaired) electrons. The van der Waals surface area contributed by atoms with Crippen LogP contribution in [0.2, 0.25) is 0 Å². The number of anilines is 2. The summed E-state index contributed by atoms with van der Waals surface area (Å²) in [5, 5.41) is 5.78. The van der Waals surface area contributed by atoms with E-state index in [1.54, 1.807) is 30.5 Å². The van der Waals surface area contributed by atoms with Crippen LogP contribution in [-0.2, 0) is 0 Å². The van der Waals surface area contributed by atoms with Crippen molar-refractivity contribution in [3.8, 4) is 0 Å². The van der Waals surface area contributed by atoms with E-state index in [1.165, 1.54) is 12.1 Å². The van der Waals surface area contributed by atoms with Crippen molar-refractivity contribution < 1.29 is 9.18 Å². The molecule has 110 valence electrons. The summed E-state index contributed by atoms with van der Waals surface area (Å²) in [6.45, 7) is 1.10. The Hall–Kier alpha value is -2.63. The molecule has 0 aliphatic carbocycles. The van der Waals surface area contributed by atoms with Gasteiger partial charge in [-0.2, -0.15) is 0 Å². The maximum Gasteiger partial charge on any atom is 0.254 e. The van der Waals surface area contributed by atoms with Crippen molar-refractivity contribution in [1.29, 1.82) is 0 Å². The van der Waals surface area contributed by atoms with Gasteiger partial charge in [-0.25, -0.2) is 9.37 Å². The Labute approximate surface area is 122 Å². The SMILES string of the molecule is Nc1ccc(NCCCNC(=O)c2ccccc2F)nc1. The molecule has 1 aromatic heterocycles. The van der Waals surface area contributed by atoms with Gasteiger partial charge in [0.25, 0.3) is 5.91 Å². The summed E-state index contributed by atoms with van der Waals surface area (Å²) in [6.07, 6.45) is 2.27. The summed E-state index contributed by atoms with van der Waals surface area (Å²) < 4.78 is 13.4. The molecule has 0 bridgehead atoms. The Bertz CT molecular complexity index is 601. The molecule has 2 aromatic rings. The maximum absolute atomic E-state index is 13.4. The molecule has 0 spiro atoms. The molecule has 5 nitrogen and oxygen atoms in total. The summed E-state index contributed by atoms with van der Waals surface area (Å²) in [4.78, 5) is 15.8. The highest BCUT2D eigenvalue weighted by molar-refractivity contribution is 5.94. The minimum absolute atomic E-state index is 0.0608. The predicted octanol–water partition coefficient (Wildman–Crippen LogP) is 2.03. The van der Waals surface area contributed by atoms with E-state index >= 15 is 0 Å². The van der Waals surface area contributed by atoms with E-state index in [4.69, 9.17) is 5.73 Å². The quantitative estimate of drug-likeness (QED) is 0.711. The normalized spacial score (nSPS) is 10.1. The number of nitrogens with one attached hydrogen (secondary N) is 2. The third-order valence-corrected chi connectivity index (χ3v) is 2.85. The fourth-order valence-electron chi connectivity index (χ4n) is 1.76. The van der Waals surface area contributed by atoms with Gasteiger partial charge in [0.05, 0.1) is 17.4 Å². The van der Waals surface area contributed by atoms with E-state index in [0.29, 0.717) is 25.2 Å². The van der Waals surface area contributed by atoms with Crippen LogP contribution in [0.1, 0.15) is 16.8 Å². The van der Waals surface area contributed by atoms with Crippen molar-refractivity contribution in [1.82, 2.24) is 10.3 Å². The van der Waals surface area contributed by atoms with Gasteiger partial charge in [-0.15, -0.1) is 0 Å². The highest BCUT2D eigenvalue weighted by atomic mass is 19.1. The number of pyridine rings is 1. The largest absolute Gasteiger partial charge is 0.397 e. The number of nitrogen functional groups attached to an aromatic ring is 1. The first kappa shape index (κ1) is 14.8. The molecule has 0 saturated heterocycles. The van der Waals surface area contributed by atoms with Crippen LogP contribution >= 0.6 is 0 Å². The number of aromatic nitrogens is 1. The third kappa shape index (κ3) is 4.45. The zero-order valence-electron chi connectivity index (χ0n) is 11.5. The summed E-state index contributed by atoms with van der Waals surface area (Å²) >= 11 is 0. The van der Waals surface area contributed by atoms with E-state index in [2.05, 4.69) is 15.6 Å². The molecule has 1 amide bonds. The summed E-state index contributed by atoms with van der Waals surface area (Å²) in [5.41, 5.74) is 6.21. The molecule has 1 aromatic carbocycles. The van der Waals surface area contributed by atoms with E-state index < -0.39 is 11.7 Å². The first-order valence-electron chi connectivity index (χ1n) is 6.65. The molecule has 4 N–H and O–H groups in total. The van der Waals surface area contributed by atoms with Crippen LogP contribution in [0.15, 0.2) is 42.6 Å². The van der Waals surface area contributed by atoms with Crippen LogP contribution in [-0.4, -0.2) is 24.0 Å². The predicted molar refractivity (Wildman–Crippen MR) is 80.5 cm³/mol. The van der Waals surface area contributed by atoms with Crippen LogP contribution in [0, 0.1) is 5.82 Å². The average Bonchev–Trinajstić information content (AvgIpc) is 2.49. The number of carbonyl (C=O) groups excluding carboxylic acids is 1. The third-order valence-electron chi connectivity index (χ3n) is 2.85. The molecule has 0 unspecified atom stereocenters. The second-order valence-corrected chi connectivity index (χ2v) is 4.49. The number of carbonyl (C=O) groups is 1. The highest BCUT2D eigenvalue weighted by Gasteiger charge is 2.09. The van der Waals surface area contributed by atoms with Gasteiger partial charge in [-0.05, 0) is 30.7 Å². The minimum Gasteiger partial charge on any atom is -0.397 e. The van der Waals surface area contributed by atoms with Crippen molar-refractivity contribution in [2.45, 2.75) is 6.42 Å². The maximum atomic E-state index is 13.4. The molecule has 2 rings (SSSR count). The van der Waals surface area contributed by atoms with Crippen LogP contribution in [0.3, 0.4) is 0 Å². The molecule has 0 saturated carbocycles. The number of amides is 1. The van der Waals surface area contributed by atoms with E-state index in [-0.39, 0.29) is 5.56 Å². The van der Waals surface area contributed by atoms with Crippen molar-refractivity contribution >= 4 is 17.4 Å². The highest BCUT2D eigenvalue weighted by Crippen LogP contribution is 2.06. The van der Waals surface area contributed by atoms with Gasteiger partial charge in [-0.3, -0.25) is 4.79 Å². The number of benzene rings is 1. The van der Waals surface area contributed by atoms with Gasteiger partial charge in [0.2, 0.25) is 0 Å². The van der Waals surface area contributed by atoms with E-state index in [0.717, 1.165) is 5.82 Å². The second-order valence-electron chi connectivity index (χ2n) is 4.49. The molecule has 1 heterocycles. The molecular formula is C15H17FN4O. The Balaban J connectivity index is 1.69. The molecule has 6 heteroatoms. The fourth-order valence-corrected chi connectivity index (χ4v) is 1.76. The van der Waals surface area contributed by atoms with Gasteiger partial charge in [0.1, 0.15) is 11.6 Å². The number of hydrogen-bond acceptors (Lipinski definition) is 4. The first-order valence-corrected chi connectivity index (χ1v) is 6.65. The van der Waals surface area contributed by atoms with Crippen LogP contribution < -0.4 is 16.4 Å². The Morgan fingerprint density at radius 1 is 1.19 bits per heavy atom. The Kier molecular flexibility index (Phi) is 5.09. The Morgan fingerprint density at radius 2 is 2.00 bits per heavy atom. The number of nitrogens with zero attached hydrogens (tertiary/aromatic N) is 1. The van der Waals surface area contributed by atoms with Crippen molar-refractivity contribution in [2.24, 2.45) is 0 Å². The first-order chi connectivity index (χ1) is 10.2. The Morgan fingerprint density at radius 3 is 2.71 bits per heavy atom. The van der Waals surface area contributed by atoms with Crippen molar-refractivity contribution in [2.75, 3.05) is 24.1 Å². The lowest BCUT2D eigenvalue weighted by molar-refractivity contribution is 0.0949. The number of nitrogens with two attached hydrogens (primary N) is 1. The summed E-state index contributed by atoms with van der Waals surface area (Å²) in [6, 6.07) is 9.45. The number of halogens is 1. The minimum atomic E-state index is -0.515. The van der Waals surface area contributed by atoms with Crippen molar-refractivity contribution in [3.63, 3.8) is 0 Å². The molecular weight excluding hydrogens is 271 g/mol. The fraction of sp³-hybridized carbons (Fsp3) is 0.200. The lowest BCUT2D eigenvalue weighted by Crippen LogP contribution is -2.26. The topological polar surface area (TPSA) is 80.0 Å². The lowest BCUT2D eigenvalue weighted by atomic mass is 10.2. The van der Waals surface area contributed by atoms with Gasteiger partial charge >= 0.3 is 0 Å². The second kappa shape index (κ2) is 7.23. The molecule has 21 heavy (non-hydrogen) atoms. The number of hydrogen-bond donors (Lipinski definition) is 3. The van der Waals surface area contributed by atoms with Gasteiger partial charge < -0.3 is 16.4 Å². The standard InChI is InChI=1S/C15H17FN4O/c16-13-5-2-1-4-12(13)15(21)19-9-3-8-18-14-7-6-11(17)10-20-14/h1-2,4-7,10H,3,8-9,17H2,(H,18,20)(H,19,21). The molecule has 0 fully saturated rings. The lowest BCUT2D eigenvalue weighted by Gasteiger charge is -2.07. The molecule has 0 aliphatic rings. The van der Waals surface area contributed by atoms with Gasteiger partial charge in [0.15, 0.2) is 0 Å². The summed E-state index contributed by atoms with van der Waals surface area (Å²) in [5.74, 6) is -0.192. The van der Waals surface area contributed by atoms with Gasteiger partial charge in [0, 0.05) is 13.1 Å². The number of rotatable bonds is 6. The zero-order chi connectivity index (χ0) is 15.1. The van der Waals surface area contributed by atoms with Crippen LogP contribution in [0.25, 0.3) is 0 Å². The van der Waals surface area contributed by atoms with Crippen molar-refractivity contribution in [3.05, 3.63) is 54.0 Å². The monoisotopic (exact) mass is 288 g/mol. The van der Waals surface area contributed by atoms with Crippen LogP contribution in [0.4, 0.5) is 15.9 Å². The average molecular weight is 288 g/mol. The van der Waals surface area contributed by atoms with E-state index in [1.807, 2.05) is 0 Å². The zero-order valence-corrected chi connectivity index (χ0v) is 11.5. The summed E-state index contributed by atoms with van der Waals surface area (Å²) in [7, 11) is 0.